The Hall–Kier alpha value is -1.59. The maximum atomic E-state index is 5.93. The quantitative estimate of drug-likeness (QED) is 0.569. The van der Waals surface area contributed by atoms with Gasteiger partial charge in [-0.1, -0.05) is 24.3 Å². The van der Waals surface area contributed by atoms with Crippen LogP contribution in [-0.4, -0.2) is 43.7 Å². The summed E-state index contributed by atoms with van der Waals surface area (Å²) >= 11 is 0. The zero-order valence-electron chi connectivity index (χ0n) is 14.5. The van der Waals surface area contributed by atoms with Crippen LogP contribution < -0.4 is 11.1 Å². The number of benzene rings is 1. The fourth-order valence-electron chi connectivity index (χ4n) is 2.08. The van der Waals surface area contributed by atoms with Crippen LogP contribution in [0, 0.1) is 0 Å². The molecule has 0 bridgehead atoms. The van der Waals surface area contributed by atoms with Gasteiger partial charge in [0, 0.05) is 25.7 Å². The second-order valence-corrected chi connectivity index (χ2v) is 5.98. The zero-order valence-corrected chi connectivity index (χ0v) is 14.5. The molecule has 0 radical (unpaired) electrons. The first kappa shape index (κ1) is 18.5. The van der Waals surface area contributed by atoms with Crippen molar-refractivity contribution in [1.29, 1.82) is 0 Å². The van der Waals surface area contributed by atoms with E-state index in [1.54, 1.807) is 7.11 Å². The number of methoxy groups -OCH3 is 1. The lowest BCUT2D eigenvalue weighted by Crippen LogP contribution is -2.40. The molecular formula is C17H30N4O. The van der Waals surface area contributed by atoms with E-state index in [1.807, 2.05) is 13.0 Å². The molecule has 124 valence electrons. The first-order chi connectivity index (χ1) is 10.4. The standard InChI is InChI=1S/C17H30N4O/c1-13(2)21(4)11-16-9-7-6-8-15(16)10-19-17(18)20-14(3)12-22-5/h6-9,13-14H,10-12H2,1-5H3,(H3,18,19,20). The Bertz CT molecular complexity index is 473. The van der Waals surface area contributed by atoms with Crippen LogP contribution in [0.25, 0.3) is 0 Å². The first-order valence-corrected chi connectivity index (χ1v) is 7.76. The highest BCUT2D eigenvalue weighted by Gasteiger charge is 2.08. The molecule has 5 nitrogen and oxygen atoms in total. The maximum absolute atomic E-state index is 5.93. The van der Waals surface area contributed by atoms with Gasteiger partial charge in [0.05, 0.1) is 13.2 Å². The third-order valence-electron chi connectivity index (χ3n) is 3.65. The lowest BCUT2D eigenvalue weighted by molar-refractivity contribution is 0.179. The number of rotatable bonds is 8. The monoisotopic (exact) mass is 306 g/mol. The highest BCUT2D eigenvalue weighted by atomic mass is 16.5. The van der Waals surface area contributed by atoms with Gasteiger partial charge >= 0.3 is 0 Å². The Morgan fingerprint density at radius 3 is 2.50 bits per heavy atom. The van der Waals surface area contributed by atoms with Crippen molar-refractivity contribution in [2.45, 2.75) is 45.9 Å². The normalized spacial score (nSPS) is 13.7. The molecule has 3 N–H and O–H groups in total. The van der Waals surface area contributed by atoms with Crippen LogP contribution in [0.3, 0.4) is 0 Å². The Kier molecular flexibility index (Phi) is 7.91. The number of ether oxygens (including phenoxy) is 1. The fourth-order valence-corrected chi connectivity index (χ4v) is 2.08. The third kappa shape index (κ3) is 6.45. The Morgan fingerprint density at radius 2 is 1.91 bits per heavy atom. The summed E-state index contributed by atoms with van der Waals surface area (Å²) in [5, 5.41) is 3.12. The van der Waals surface area contributed by atoms with E-state index in [0.29, 0.717) is 25.2 Å². The Labute approximate surface area is 134 Å². The average Bonchev–Trinajstić information content (AvgIpc) is 2.46. The molecule has 0 amide bonds. The number of nitrogens with two attached hydrogens (primary N) is 1. The molecule has 0 heterocycles. The van der Waals surface area contributed by atoms with Gasteiger partial charge < -0.3 is 15.8 Å². The van der Waals surface area contributed by atoms with E-state index < -0.39 is 0 Å². The predicted octanol–water partition coefficient (Wildman–Crippen LogP) is 1.97. The molecule has 0 saturated carbocycles. The van der Waals surface area contributed by atoms with Gasteiger partial charge in [0.25, 0.3) is 0 Å². The molecule has 0 aliphatic heterocycles. The van der Waals surface area contributed by atoms with Crippen molar-refractivity contribution in [3.8, 4) is 0 Å². The molecule has 0 spiro atoms. The molecule has 0 aromatic heterocycles. The van der Waals surface area contributed by atoms with Gasteiger partial charge in [-0.15, -0.1) is 0 Å². The molecular weight excluding hydrogens is 276 g/mol. The summed E-state index contributed by atoms with van der Waals surface area (Å²) in [7, 11) is 3.81. The molecule has 1 atom stereocenters. The van der Waals surface area contributed by atoms with Crippen LogP contribution in [0.5, 0.6) is 0 Å². The highest BCUT2D eigenvalue weighted by molar-refractivity contribution is 5.78. The zero-order chi connectivity index (χ0) is 16.5. The molecule has 1 rings (SSSR count). The van der Waals surface area contributed by atoms with Crippen molar-refractivity contribution < 1.29 is 4.74 Å². The molecule has 5 heteroatoms. The van der Waals surface area contributed by atoms with Gasteiger partial charge in [0.15, 0.2) is 5.96 Å². The van der Waals surface area contributed by atoms with Crippen LogP contribution in [0.4, 0.5) is 0 Å². The van der Waals surface area contributed by atoms with Crippen LogP contribution in [0.1, 0.15) is 31.9 Å². The average molecular weight is 306 g/mol. The number of nitrogens with zero attached hydrogens (tertiary/aromatic N) is 2. The van der Waals surface area contributed by atoms with E-state index in [4.69, 9.17) is 10.5 Å². The molecule has 1 unspecified atom stereocenters. The minimum absolute atomic E-state index is 0.149. The van der Waals surface area contributed by atoms with E-state index in [1.165, 1.54) is 11.1 Å². The first-order valence-electron chi connectivity index (χ1n) is 7.76. The summed E-state index contributed by atoms with van der Waals surface area (Å²) < 4.78 is 5.07. The molecule has 1 aromatic carbocycles. The second kappa shape index (κ2) is 9.43. The minimum Gasteiger partial charge on any atom is -0.383 e. The third-order valence-corrected chi connectivity index (χ3v) is 3.65. The lowest BCUT2D eigenvalue weighted by Gasteiger charge is -2.22. The van der Waals surface area contributed by atoms with Gasteiger partial charge in [-0.25, -0.2) is 4.99 Å². The molecule has 0 aliphatic rings. The van der Waals surface area contributed by atoms with Crippen LogP contribution >= 0.6 is 0 Å². The molecule has 0 fully saturated rings. The number of hydrogen-bond acceptors (Lipinski definition) is 3. The minimum atomic E-state index is 0.149. The van der Waals surface area contributed by atoms with E-state index >= 15 is 0 Å². The van der Waals surface area contributed by atoms with Crippen molar-refractivity contribution in [2.75, 3.05) is 20.8 Å². The second-order valence-electron chi connectivity index (χ2n) is 5.98. The number of aliphatic imine (C=N–C) groups is 1. The maximum Gasteiger partial charge on any atom is 0.189 e. The van der Waals surface area contributed by atoms with E-state index in [2.05, 4.69) is 54.3 Å². The van der Waals surface area contributed by atoms with Crippen molar-refractivity contribution in [2.24, 2.45) is 10.7 Å². The van der Waals surface area contributed by atoms with E-state index in [9.17, 15) is 0 Å². The van der Waals surface area contributed by atoms with Crippen molar-refractivity contribution in [3.05, 3.63) is 35.4 Å². The number of hydrogen-bond donors (Lipinski definition) is 2. The van der Waals surface area contributed by atoms with Crippen molar-refractivity contribution in [1.82, 2.24) is 10.2 Å². The van der Waals surface area contributed by atoms with Gasteiger partial charge in [-0.2, -0.15) is 0 Å². The van der Waals surface area contributed by atoms with Gasteiger partial charge in [-0.3, -0.25) is 4.90 Å². The summed E-state index contributed by atoms with van der Waals surface area (Å²) in [5.41, 5.74) is 8.42. The topological polar surface area (TPSA) is 62.9 Å². The van der Waals surface area contributed by atoms with Crippen LogP contribution in [-0.2, 0) is 17.8 Å². The Balaban J connectivity index is 2.69. The summed E-state index contributed by atoms with van der Waals surface area (Å²) in [6.45, 7) is 8.50. The number of guanidine groups is 1. The highest BCUT2D eigenvalue weighted by Crippen LogP contribution is 2.13. The predicted molar refractivity (Wildman–Crippen MR) is 92.8 cm³/mol. The van der Waals surface area contributed by atoms with Gasteiger partial charge in [-0.05, 0) is 38.9 Å². The lowest BCUT2D eigenvalue weighted by atomic mass is 10.1. The van der Waals surface area contributed by atoms with Crippen molar-refractivity contribution >= 4 is 5.96 Å². The molecule has 1 aromatic rings. The SMILES string of the molecule is COCC(C)NC(N)=NCc1ccccc1CN(C)C(C)C. The smallest absolute Gasteiger partial charge is 0.189 e. The Morgan fingerprint density at radius 1 is 1.27 bits per heavy atom. The summed E-state index contributed by atoms with van der Waals surface area (Å²) in [6.07, 6.45) is 0. The van der Waals surface area contributed by atoms with Crippen molar-refractivity contribution in [3.63, 3.8) is 0 Å². The molecule has 0 aliphatic carbocycles. The summed E-state index contributed by atoms with van der Waals surface area (Å²) in [4.78, 5) is 6.75. The van der Waals surface area contributed by atoms with E-state index in [0.717, 1.165) is 6.54 Å². The summed E-state index contributed by atoms with van der Waals surface area (Å²) in [6, 6.07) is 9.04. The number of nitrogens with one attached hydrogen (secondary N) is 1. The van der Waals surface area contributed by atoms with Crippen LogP contribution in [0.15, 0.2) is 29.3 Å². The molecule has 0 saturated heterocycles. The van der Waals surface area contributed by atoms with E-state index in [-0.39, 0.29) is 6.04 Å². The molecule has 22 heavy (non-hydrogen) atoms. The largest absolute Gasteiger partial charge is 0.383 e. The van der Waals surface area contributed by atoms with Gasteiger partial charge in [0.1, 0.15) is 0 Å². The van der Waals surface area contributed by atoms with Crippen LogP contribution in [0.2, 0.25) is 0 Å². The van der Waals surface area contributed by atoms with Gasteiger partial charge in [0.2, 0.25) is 0 Å². The fraction of sp³-hybridized carbons (Fsp3) is 0.588. The summed E-state index contributed by atoms with van der Waals surface area (Å²) in [5.74, 6) is 0.455.